The van der Waals surface area contributed by atoms with Gasteiger partial charge in [-0.05, 0) is 66.6 Å². The van der Waals surface area contributed by atoms with Gasteiger partial charge in [-0.3, -0.25) is 4.79 Å². The van der Waals surface area contributed by atoms with Gasteiger partial charge in [0.25, 0.3) is 0 Å². The lowest BCUT2D eigenvalue weighted by Crippen LogP contribution is -2.16. The second-order valence-corrected chi connectivity index (χ2v) is 6.63. The maximum absolute atomic E-state index is 12.4. The van der Waals surface area contributed by atoms with Gasteiger partial charge in [-0.2, -0.15) is 5.26 Å². The molecule has 1 aliphatic carbocycles. The van der Waals surface area contributed by atoms with Crippen LogP contribution < -0.4 is 4.74 Å². The van der Waals surface area contributed by atoms with Crippen molar-refractivity contribution in [2.75, 3.05) is 13.7 Å². The fraction of sp³-hybridized carbons (Fsp3) is 0.261. The molecule has 0 saturated heterocycles. The first-order chi connectivity index (χ1) is 13.6. The summed E-state index contributed by atoms with van der Waals surface area (Å²) in [6, 6.07) is 14.4. The lowest BCUT2D eigenvalue weighted by molar-refractivity contribution is -0.137. The van der Waals surface area contributed by atoms with E-state index in [0.29, 0.717) is 16.9 Å². The number of benzene rings is 2. The van der Waals surface area contributed by atoms with Crippen molar-refractivity contribution >= 4 is 17.8 Å². The monoisotopic (exact) mass is 375 g/mol. The number of Topliss-reactive ketones (excluding diaryl/α,β-unsaturated/α-hetero) is 1. The Morgan fingerprint density at radius 1 is 1.07 bits per heavy atom. The number of aryl methyl sites for hydroxylation is 2. The molecule has 5 heteroatoms. The molecule has 0 spiro atoms. The highest BCUT2D eigenvalue weighted by Crippen LogP contribution is 2.22. The molecule has 28 heavy (non-hydrogen) atoms. The number of nitriles is 1. The summed E-state index contributed by atoms with van der Waals surface area (Å²) in [6.45, 7) is -0.390. The summed E-state index contributed by atoms with van der Waals surface area (Å²) >= 11 is 0. The summed E-state index contributed by atoms with van der Waals surface area (Å²) in [6.07, 6.45) is 5.74. The molecule has 0 aromatic heterocycles. The van der Waals surface area contributed by atoms with Gasteiger partial charge in [-0.25, -0.2) is 4.79 Å². The number of ether oxygens (including phenoxy) is 2. The maximum Gasteiger partial charge on any atom is 0.349 e. The molecule has 0 atom stereocenters. The Balaban J connectivity index is 1.63. The van der Waals surface area contributed by atoms with Crippen LogP contribution in [0.1, 0.15) is 39.9 Å². The van der Waals surface area contributed by atoms with Crippen LogP contribution in [0.4, 0.5) is 0 Å². The van der Waals surface area contributed by atoms with E-state index in [1.807, 2.05) is 18.2 Å². The molecule has 2 aromatic carbocycles. The number of carbonyl (C=O) groups excluding carboxylic acids is 2. The Kier molecular flexibility index (Phi) is 6.23. The molecule has 5 nitrogen and oxygen atoms in total. The fourth-order valence-corrected chi connectivity index (χ4v) is 3.20. The number of carbonyl (C=O) groups is 2. The minimum atomic E-state index is -0.815. The van der Waals surface area contributed by atoms with E-state index in [0.717, 1.165) is 19.3 Å². The third-order valence-corrected chi connectivity index (χ3v) is 4.77. The Morgan fingerprint density at radius 2 is 1.79 bits per heavy atom. The summed E-state index contributed by atoms with van der Waals surface area (Å²) in [4.78, 5) is 24.6. The lowest BCUT2D eigenvalue weighted by Gasteiger charge is -2.16. The van der Waals surface area contributed by atoms with Gasteiger partial charge in [0, 0.05) is 5.56 Å². The zero-order valence-corrected chi connectivity index (χ0v) is 15.7. The summed E-state index contributed by atoms with van der Waals surface area (Å²) in [7, 11) is 1.56. The summed E-state index contributed by atoms with van der Waals surface area (Å²) < 4.78 is 10.1. The maximum atomic E-state index is 12.4. The predicted octanol–water partition coefficient (Wildman–Crippen LogP) is 3.91. The molecule has 2 aromatic rings. The topological polar surface area (TPSA) is 76.4 Å². The van der Waals surface area contributed by atoms with Gasteiger partial charge >= 0.3 is 5.97 Å². The number of rotatable bonds is 6. The zero-order valence-electron chi connectivity index (χ0n) is 15.7. The van der Waals surface area contributed by atoms with E-state index < -0.39 is 5.97 Å². The SMILES string of the molecule is COc1ccc(/C=C(\C#N)C(=O)OCC(=O)c2ccc3c(c2)CCCC3)cc1. The number of methoxy groups -OCH3 is 1. The van der Waals surface area contributed by atoms with Crippen LogP contribution >= 0.6 is 0 Å². The second kappa shape index (κ2) is 9.01. The van der Waals surface area contributed by atoms with Crippen LogP contribution in [0.3, 0.4) is 0 Å². The Morgan fingerprint density at radius 3 is 2.46 bits per heavy atom. The van der Waals surface area contributed by atoms with Gasteiger partial charge in [0.05, 0.1) is 7.11 Å². The molecule has 0 unspecified atom stereocenters. The van der Waals surface area contributed by atoms with Crippen LogP contribution in [-0.4, -0.2) is 25.5 Å². The highest BCUT2D eigenvalue weighted by Gasteiger charge is 2.16. The van der Waals surface area contributed by atoms with Crippen molar-refractivity contribution in [1.82, 2.24) is 0 Å². The second-order valence-electron chi connectivity index (χ2n) is 6.63. The van der Waals surface area contributed by atoms with E-state index in [-0.39, 0.29) is 18.0 Å². The highest BCUT2D eigenvalue weighted by molar-refractivity contribution is 6.02. The third kappa shape index (κ3) is 4.66. The Bertz CT molecular complexity index is 952. The smallest absolute Gasteiger partial charge is 0.349 e. The average molecular weight is 375 g/mol. The van der Waals surface area contributed by atoms with Crippen molar-refractivity contribution in [2.24, 2.45) is 0 Å². The first-order valence-electron chi connectivity index (χ1n) is 9.18. The van der Waals surface area contributed by atoms with E-state index >= 15 is 0 Å². The normalized spacial score (nSPS) is 13.2. The fourth-order valence-electron chi connectivity index (χ4n) is 3.20. The van der Waals surface area contributed by atoms with Crippen molar-refractivity contribution in [2.45, 2.75) is 25.7 Å². The first-order valence-corrected chi connectivity index (χ1v) is 9.18. The quantitative estimate of drug-likeness (QED) is 0.331. The first kappa shape index (κ1) is 19.4. The number of hydrogen-bond donors (Lipinski definition) is 0. The van der Waals surface area contributed by atoms with Gasteiger partial charge in [-0.1, -0.05) is 24.3 Å². The van der Waals surface area contributed by atoms with E-state index in [2.05, 4.69) is 0 Å². The molecular weight excluding hydrogens is 354 g/mol. The van der Waals surface area contributed by atoms with Crippen molar-refractivity contribution < 1.29 is 19.1 Å². The highest BCUT2D eigenvalue weighted by atomic mass is 16.5. The molecule has 0 saturated carbocycles. The minimum absolute atomic E-state index is 0.164. The standard InChI is InChI=1S/C23H21NO4/c1-27-21-10-6-16(7-11-21)12-20(14-24)23(26)28-15-22(25)19-9-8-17-4-2-3-5-18(17)13-19/h6-13H,2-5,15H2,1H3/b20-12+. The molecular formula is C23H21NO4. The van der Waals surface area contributed by atoms with E-state index in [9.17, 15) is 14.9 Å². The predicted molar refractivity (Wildman–Crippen MR) is 105 cm³/mol. The average Bonchev–Trinajstić information content (AvgIpc) is 2.75. The molecule has 0 N–H and O–H groups in total. The number of nitrogens with zero attached hydrogens (tertiary/aromatic N) is 1. The minimum Gasteiger partial charge on any atom is -0.497 e. The summed E-state index contributed by atoms with van der Waals surface area (Å²) in [5, 5.41) is 9.24. The van der Waals surface area contributed by atoms with Gasteiger partial charge in [-0.15, -0.1) is 0 Å². The van der Waals surface area contributed by atoms with E-state index in [4.69, 9.17) is 9.47 Å². The van der Waals surface area contributed by atoms with Crippen LogP contribution in [-0.2, 0) is 22.4 Å². The number of hydrogen-bond acceptors (Lipinski definition) is 5. The number of esters is 1. The van der Waals surface area contributed by atoms with Crippen LogP contribution in [0, 0.1) is 11.3 Å². The van der Waals surface area contributed by atoms with Crippen LogP contribution in [0.25, 0.3) is 6.08 Å². The van der Waals surface area contributed by atoms with Gasteiger partial charge in [0.15, 0.2) is 12.4 Å². The summed E-state index contributed by atoms with van der Waals surface area (Å²) in [5.41, 5.74) is 3.51. The molecule has 0 heterocycles. The van der Waals surface area contributed by atoms with Crippen molar-refractivity contribution in [1.29, 1.82) is 5.26 Å². The lowest BCUT2D eigenvalue weighted by atomic mass is 9.90. The van der Waals surface area contributed by atoms with Crippen LogP contribution in [0.5, 0.6) is 5.75 Å². The summed E-state index contributed by atoms with van der Waals surface area (Å²) in [5.74, 6) is -0.415. The van der Waals surface area contributed by atoms with Crippen LogP contribution in [0.15, 0.2) is 48.0 Å². The Labute approximate surface area is 164 Å². The molecule has 0 bridgehead atoms. The van der Waals surface area contributed by atoms with Gasteiger partial charge < -0.3 is 9.47 Å². The molecule has 1 aliphatic rings. The molecule has 0 fully saturated rings. The number of fused-ring (bicyclic) bond motifs is 1. The largest absolute Gasteiger partial charge is 0.497 e. The molecule has 142 valence electrons. The molecule has 0 radical (unpaired) electrons. The van der Waals surface area contributed by atoms with Crippen molar-refractivity contribution in [3.05, 3.63) is 70.3 Å². The van der Waals surface area contributed by atoms with Gasteiger partial charge in [0.1, 0.15) is 17.4 Å². The number of ketones is 1. The molecule has 0 amide bonds. The third-order valence-electron chi connectivity index (χ3n) is 4.77. The molecule has 0 aliphatic heterocycles. The van der Waals surface area contributed by atoms with Crippen LogP contribution in [0.2, 0.25) is 0 Å². The zero-order chi connectivity index (χ0) is 19.9. The van der Waals surface area contributed by atoms with E-state index in [1.54, 1.807) is 37.4 Å². The van der Waals surface area contributed by atoms with Crippen molar-refractivity contribution in [3.8, 4) is 11.8 Å². The van der Waals surface area contributed by atoms with Gasteiger partial charge in [0.2, 0.25) is 0 Å². The van der Waals surface area contributed by atoms with Crippen molar-refractivity contribution in [3.63, 3.8) is 0 Å². The molecule has 3 rings (SSSR count). The van der Waals surface area contributed by atoms with E-state index in [1.165, 1.54) is 23.6 Å². The Hall–Kier alpha value is -3.39.